The number of aliphatic carboxylic acids is 1. The van der Waals surface area contributed by atoms with Crippen LogP contribution in [0.1, 0.15) is 16.9 Å². The zero-order valence-corrected chi connectivity index (χ0v) is 14.6. The Hall–Kier alpha value is -2.74. The Balaban J connectivity index is 1.56. The molecule has 2 fully saturated rings. The number of carboxylic acid groups (broad SMARTS) is 1. The molecule has 1 aromatic carbocycles. The van der Waals surface area contributed by atoms with Crippen LogP contribution in [0.2, 0.25) is 0 Å². The molecule has 1 N–H and O–H groups in total. The summed E-state index contributed by atoms with van der Waals surface area (Å²) < 4.78 is 1.55. The lowest BCUT2D eigenvalue weighted by molar-refractivity contribution is -0.153. The fraction of sp³-hybridized carbons (Fsp3) is 0.444. The molecule has 26 heavy (non-hydrogen) atoms. The standard InChI is InChI=1S/C18H21N5O3/c1-21-8-7-13-9-22(12-18(13,11-21)17(25)26)16(24)15-10-23(20-19-15)14-5-3-2-4-6-14/h2-6,10,13H,7-9,11-12H2,1H3,(H,25,26)/t13-,18-/m1/s1. The number of rotatable bonds is 3. The number of carboxylic acids is 1. The van der Waals surface area contributed by atoms with Gasteiger partial charge < -0.3 is 14.9 Å². The fourth-order valence-electron chi connectivity index (χ4n) is 4.15. The molecule has 136 valence electrons. The second kappa shape index (κ2) is 6.21. The number of nitrogens with zero attached hydrogens (tertiary/aromatic N) is 5. The summed E-state index contributed by atoms with van der Waals surface area (Å²) in [5.41, 5.74) is 0.164. The zero-order chi connectivity index (χ0) is 18.3. The van der Waals surface area contributed by atoms with Crippen molar-refractivity contribution in [2.75, 3.05) is 33.2 Å². The van der Waals surface area contributed by atoms with E-state index >= 15 is 0 Å². The SMILES string of the molecule is CN1CC[C@@H]2CN(C(=O)c3cn(-c4ccccc4)nn3)C[C@]2(C(=O)O)C1. The summed E-state index contributed by atoms with van der Waals surface area (Å²) in [5, 5.41) is 17.9. The van der Waals surface area contributed by atoms with Gasteiger partial charge in [-0.05, 0) is 38.1 Å². The van der Waals surface area contributed by atoms with Crippen LogP contribution in [0.15, 0.2) is 36.5 Å². The highest BCUT2D eigenvalue weighted by Crippen LogP contribution is 2.42. The highest BCUT2D eigenvalue weighted by Gasteiger charge is 2.55. The van der Waals surface area contributed by atoms with Gasteiger partial charge in [0.05, 0.1) is 11.9 Å². The number of likely N-dealkylation sites (tertiary alicyclic amines) is 2. The molecule has 2 aliphatic heterocycles. The molecule has 1 aromatic heterocycles. The lowest BCUT2D eigenvalue weighted by Gasteiger charge is -2.39. The highest BCUT2D eigenvalue weighted by molar-refractivity contribution is 5.93. The molecule has 2 atom stereocenters. The van der Waals surface area contributed by atoms with Gasteiger partial charge in [0.2, 0.25) is 0 Å². The number of aromatic nitrogens is 3. The van der Waals surface area contributed by atoms with Crippen LogP contribution in [-0.4, -0.2) is 75.0 Å². The predicted molar refractivity (Wildman–Crippen MR) is 92.9 cm³/mol. The van der Waals surface area contributed by atoms with E-state index in [-0.39, 0.29) is 24.1 Å². The van der Waals surface area contributed by atoms with Crippen LogP contribution >= 0.6 is 0 Å². The molecule has 1 amide bonds. The minimum atomic E-state index is -0.891. The molecule has 0 unspecified atom stereocenters. The van der Waals surface area contributed by atoms with E-state index < -0.39 is 11.4 Å². The van der Waals surface area contributed by atoms with Crippen LogP contribution in [0.5, 0.6) is 0 Å². The van der Waals surface area contributed by atoms with Crippen molar-refractivity contribution < 1.29 is 14.7 Å². The van der Waals surface area contributed by atoms with Crippen LogP contribution in [0.4, 0.5) is 0 Å². The first-order valence-corrected chi connectivity index (χ1v) is 8.68. The summed E-state index contributed by atoms with van der Waals surface area (Å²) in [6.45, 7) is 1.99. The van der Waals surface area contributed by atoms with Crippen LogP contribution in [0, 0.1) is 11.3 Å². The van der Waals surface area contributed by atoms with Crippen LogP contribution in [0.3, 0.4) is 0 Å². The molecule has 0 saturated carbocycles. The minimum Gasteiger partial charge on any atom is -0.481 e. The van der Waals surface area contributed by atoms with Crippen molar-refractivity contribution in [1.82, 2.24) is 24.8 Å². The maximum atomic E-state index is 12.9. The quantitative estimate of drug-likeness (QED) is 0.873. The number of fused-ring (bicyclic) bond motifs is 1. The summed E-state index contributed by atoms with van der Waals surface area (Å²) in [5.74, 6) is -1.11. The van der Waals surface area contributed by atoms with Crippen molar-refractivity contribution in [1.29, 1.82) is 0 Å². The molecule has 2 aromatic rings. The van der Waals surface area contributed by atoms with Crippen molar-refractivity contribution in [3.05, 3.63) is 42.2 Å². The van der Waals surface area contributed by atoms with E-state index in [2.05, 4.69) is 10.3 Å². The van der Waals surface area contributed by atoms with E-state index in [1.807, 2.05) is 42.3 Å². The van der Waals surface area contributed by atoms with E-state index in [9.17, 15) is 14.7 Å². The van der Waals surface area contributed by atoms with Crippen molar-refractivity contribution in [3.8, 4) is 5.69 Å². The molecule has 0 bridgehead atoms. The number of hydrogen-bond donors (Lipinski definition) is 1. The zero-order valence-electron chi connectivity index (χ0n) is 14.6. The molecule has 2 saturated heterocycles. The molecule has 0 aliphatic carbocycles. The third kappa shape index (κ3) is 2.66. The van der Waals surface area contributed by atoms with Crippen molar-refractivity contribution >= 4 is 11.9 Å². The normalized spacial score (nSPS) is 25.9. The maximum absolute atomic E-state index is 12.9. The van der Waals surface area contributed by atoms with E-state index in [0.717, 1.165) is 18.7 Å². The lowest BCUT2D eigenvalue weighted by atomic mass is 9.73. The molecule has 2 aliphatic rings. The van der Waals surface area contributed by atoms with Gasteiger partial charge in [-0.2, -0.15) is 0 Å². The number of piperidine rings is 1. The van der Waals surface area contributed by atoms with Gasteiger partial charge in [-0.3, -0.25) is 9.59 Å². The highest BCUT2D eigenvalue weighted by atomic mass is 16.4. The van der Waals surface area contributed by atoms with Gasteiger partial charge in [-0.1, -0.05) is 23.4 Å². The number of para-hydroxylation sites is 1. The predicted octanol–water partition coefficient (Wildman–Crippen LogP) is 0.746. The minimum absolute atomic E-state index is 0.0238. The van der Waals surface area contributed by atoms with Gasteiger partial charge >= 0.3 is 5.97 Å². The Morgan fingerprint density at radius 2 is 2.00 bits per heavy atom. The molecule has 0 radical (unpaired) electrons. The largest absolute Gasteiger partial charge is 0.481 e. The van der Waals surface area contributed by atoms with E-state index in [1.54, 1.807) is 15.8 Å². The average Bonchev–Trinajstić information content (AvgIpc) is 3.27. The van der Waals surface area contributed by atoms with E-state index in [1.165, 1.54) is 0 Å². The van der Waals surface area contributed by atoms with Gasteiger partial charge in [0, 0.05) is 19.6 Å². The van der Waals surface area contributed by atoms with Gasteiger partial charge in [0.25, 0.3) is 5.91 Å². The van der Waals surface area contributed by atoms with E-state index in [0.29, 0.717) is 13.1 Å². The summed E-state index contributed by atoms with van der Waals surface area (Å²) in [7, 11) is 1.93. The number of hydrogen-bond acceptors (Lipinski definition) is 5. The summed E-state index contributed by atoms with van der Waals surface area (Å²) in [6.07, 6.45) is 2.38. The number of amides is 1. The molecule has 0 spiro atoms. The molecule has 4 rings (SSSR count). The molecular formula is C18H21N5O3. The summed E-state index contributed by atoms with van der Waals surface area (Å²) >= 11 is 0. The molecule has 3 heterocycles. The van der Waals surface area contributed by atoms with Gasteiger partial charge in [0.15, 0.2) is 5.69 Å². The Labute approximate surface area is 151 Å². The Morgan fingerprint density at radius 3 is 2.73 bits per heavy atom. The van der Waals surface area contributed by atoms with Crippen LogP contribution < -0.4 is 0 Å². The first-order valence-electron chi connectivity index (χ1n) is 8.68. The maximum Gasteiger partial charge on any atom is 0.313 e. The third-order valence-electron chi connectivity index (χ3n) is 5.55. The van der Waals surface area contributed by atoms with Gasteiger partial charge in [0.1, 0.15) is 5.41 Å². The first kappa shape index (κ1) is 16.7. The van der Waals surface area contributed by atoms with Crippen molar-refractivity contribution in [3.63, 3.8) is 0 Å². The molecular weight excluding hydrogens is 334 g/mol. The monoisotopic (exact) mass is 355 g/mol. The number of carbonyl (C=O) groups excluding carboxylic acids is 1. The van der Waals surface area contributed by atoms with Gasteiger partial charge in [-0.15, -0.1) is 5.10 Å². The van der Waals surface area contributed by atoms with Gasteiger partial charge in [-0.25, -0.2) is 4.68 Å². The van der Waals surface area contributed by atoms with Crippen LogP contribution in [0.25, 0.3) is 5.69 Å². The molecule has 8 heteroatoms. The smallest absolute Gasteiger partial charge is 0.313 e. The van der Waals surface area contributed by atoms with Crippen LogP contribution in [-0.2, 0) is 4.79 Å². The topological polar surface area (TPSA) is 91.6 Å². The number of carbonyl (C=O) groups is 2. The first-order chi connectivity index (χ1) is 12.5. The molecule has 8 nitrogen and oxygen atoms in total. The Kier molecular flexibility index (Phi) is 3.99. The van der Waals surface area contributed by atoms with E-state index in [4.69, 9.17) is 0 Å². The van der Waals surface area contributed by atoms with Crippen molar-refractivity contribution in [2.24, 2.45) is 11.3 Å². The summed E-state index contributed by atoms with van der Waals surface area (Å²) in [6, 6.07) is 9.43. The average molecular weight is 355 g/mol. The second-order valence-electron chi connectivity index (χ2n) is 7.25. The summed E-state index contributed by atoms with van der Waals surface area (Å²) in [4.78, 5) is 28.5. The van der Waals surface area contributed by atoms with Crippen molar-refractivity contribution in [2.45, 2.75) is 6.42 Å². The lowest BCUT2D eigenvalue weighted by Crippen LogP contribution is -2.52. The Bertz CT molecular complexity index is 836. The second-order valence-corrected chi connectivity index (χ2v) is 7.25. The number of benzene rings is 1. The fourth-order valence-corrected chi connectivity index (χ4v) is 4.15. The Morgan fingerprint density at radius 1 is 1.23 bits per heavy atom. The third-order valence-corrected chi connectivity index (χ3v) is 5.55.